The standard InChI is InChI=1S/C16H26N4O4S/c1-12-15(13(2)24-18-12)25(22,23)20-10-6-14(7-11-20)16(21)17-19-8-4-3-5-9-19/h14H,3-11H2,1-2H3,(H,17,21). The molecule has 1 aromatic heterocycles. The third-order valence-corrected chi connectivity index (χ3v) is 7.16. The zero-order valence-corrected chi connectivity index (χ0v) is 15.6. The summed E-state index contributed by atoms with van der Waals surface area (Å²) in [6, 6.07) is 0. The third-order valence-electron chi connectivity index (χ3n) is 5.01. The summed E-state index contributed by atoms with van der Waals surface area (Å²) >= 11 is 0. The quantitative estimate of drug-likeness (QED) is 0.856. The molecule has 3 rings (SSSR count). The molecule has 25 heavy (non-hydrogen) atoms. The van der Waals surface area contributed by atoms with Crippen LogP contribution >= 0.6 is 0 Å². The zero-order chi connectivity index (χ0) is 18.0. The summed E-state index contributed by atoms with van der Waals surface area (Å²) in [6.07, 6.45) is 4.48. The lowest BCUT2D eigenvalue weighted by Gasteiger charge is -2.33. The van der Waals surface area contributed by atoms with Crippen molar-refractivity contribution in [1.82, 2.24) is 19.9 Å². The second-order valence-corrected chi connectivity index (χ2v) is 8.73. The maximum Gasteiger partial charge on any atom is 0.248 e. The largest absolute Gasteiger partial charge is 0.360 e. The second-order valence-electron chi connectivity index (χ2n) is 6.86. The molecule has 8 nitrogen and oxygen atoms in total. The van der Waals surface area contributed by atoms with Crippen LogP contribution in [0.5, 0.6) is 0 Å². The summed E-state index contributed by atoms with van der Waals surface area (Å²) in [4.78, 5) is 12.6. The van der Waals surface area contributed by atoms with E-state index >= 15 is 0 Å². The van der Waals surface area contributed by atoms with Crippen LogP contribution in [0, 0.1) is 19.8 Å². The van der Waals surface area contributed by atoms with Gasteiger partial charge in [-0.15, -0.1) is 0 Å². The van der Waals surface area contributed by atoms with Gasteiger partial charge in [0.05, 0.1) is 0 Å². The lowest BCUT2D eigenvalue weighted by molar-refractivity contribution is -0.131. The molecule has 0 saturated carbocycles. The van der Waals surface area contributed by atoms with E-state index in [4.69, 9.17) is 4.52 Å². The second kappa shape index (κ2) is 7.43. The molecule has 0 bridgehead atoms. The number of carbonyl (C=O) groups is 1. The molecule has 140 valence electrons. The number of aryl methyl sites for hydroxylation is 2. The van der Waals surface area contributed by atoms with Crippen molar-refractivity contribution in [3.63, 3.8) is 0 Å². The molecular formula is C16H26N4O4S. The van der Waals surface area contributed by atoms with Gasteiger partial charge in [-0.1, -0.05) is 11.6 Å². The van der Waals surface area contributed by atoms with Crippen LogP contribution in [0.15, 0.2) is 9.42 Å². The Hall–Kier alpha value is -1.45. The van der Waals surface area contributed by atoms with Crippen molar-refractivity contribution >= 4 is 15.9 Å². The number of carbonyl (C=O) groups excluding carboxylic acids is 1. The van der Waals surface area contributed by atoms with E-state index in [9.17, 15) is 13.2 Å². The molecule has 1 aromatic rings. The van der Waals surface area contributed by atoms with E-state index < -0.39 is 10.0 Å². The Morgan fingerprint density at radius 1 is 1.12 bits per heavy atom. The molecule has 1 amide bonds. The summed E-state index contributed by atoms with van der Waals surface area (Å²) < 4.78 is 32.0. The lowest BCUT2D eigenvalue weighted by atomic mass is 9.97. The van der Waals surface area contributed by atoms with Gasteiger partial charge in [0, 0.05) is 32.1 Å². The molecule has 0 atom stereocenters. The fourth-order valence-electron chi connectivity index (χ4n) is 3.58. The Balaban J connectivity index is 1.59. The van der Waals surface area contributed by atoms with Crippen molar-refractivity contribution in [3.05, 3.63) is 11.5 Å². The molecule has 0 radical (unpaired) electrons. The van der Waals surface area contributed by atoms with Crippen LogP contribution in [-0.4, -0.2) is 55.0 Å². The van der Waals surface area contributed by atoms with E-state index in [1.54, 1.807) is 13.8 Å². The summed E-state index contributed by atoms with van der Waals surface area (Å²) in [6.45, 7) is 5.69. The van der Waals surface area contributed by atoms with Crippen LogP contribution in [0.25, 0.3) is 0 Å². The van der Waals surface area contributed by atoms with Gasteiger partial charge in [-0.05, 0) is 39.5 Å². The van der Waals surface area contributed by atoms with Crippen LogP contribution < -0.4 is 5.43 Å². The molecular weight excluding hydrogens is 344 g/mol. The Labute approximate surface area is 148 Å². The molecule has 0 aliphatic carbocycles. The van der Waals surface area contributed by atoms with Gasteiger partial charge in [-0.25, -0.2) is 13.4 Å². The van der Waals surface area contributed by atoms with Gasteiger partial charge in [0.2, 0.25) is 15.9 Å². The van der Waals surface area contributed by atoms with Crippen LogP contribution in [0.4, 0.5) is 0 Å². The third kappa shape index (κ3) is 3.88. The van der Waals surface area contributed by atoms with Gasteiger partial charge in [0.1, 0.15) is 10.6 Å². The highest BCUT2D eigenvalue weighted by atomic mass is 32.2. The van der Waals surface area contributed by atoms with Gasteiger partial charge in [0.25, 0.3) is 0 Å². The topological polar surface area (TPSA) is 95.8 Å². The smallest absolute Gasteiger partial charge is 0.248 e. The maximum atomic E-state index is 12.8. The number of rotatable bonds is 4. The number of nitrogens with one attached hydrogen (secondary N) is 1. The summed E-state index contributed by atoms with van der Waals surface area (Å²) in [5.74, 6) is 0.178. The van der Waals surface area contributed by atoms with Crippen molar-refractivity contribution in [2.24, 2.45) is 5.92 Å². The van der Waals surface area contributed by atoms with Crippen LogP contribution in [-0.2, 0) is 14.8 Å². The number of aromatic nitrogens is 1. The fraction of sp³-hybridized carbons (Fsp3) is 0.750. The van der Waals surface area contributed by atoms with Crippen molar-refractivity contribution in [1.29, 1.82) is 0 Å². The number of sulfonamides is 1. The average Bonchev–Trinajstić information content (AvgIpc) is 2.95. The van der Waals surface area contributed by atoms with Crippen molar-refractivity contribution in [2.45, 2.75) is 50.8 Å². The SMILES string of the molecule is Cc1noc(C)c1S(=O)(=O)N1CCC(C(=O)NN2CCCCC2)CC1. The maximum absolute atomic E-state index is 12.8. The predicted octanol–water partition coefficient (Wildman–Crippen LogP) is 1.21. The molecule has 2 fully saturated rings. The minimum atomic E-state index is -3.62. The lowest BCUT2D eigenvalue weighted by Crippen LogP contribution is -2.49. The molecule has 0 unspecified atom stereocenters. The number of hydrazine groups is 1. The van der Waals surface area contributed by atoms with Gasteiger partial charge < -0.3 is 4.52 Å². The highest BCUT2D eigenvalue weighted by Gasteiger charge is 2.35. The average molecular weight is 370 g/mol. The fourth-order valence-corrected chi connectivity index (χ4v) is 5.34. The normalized spacial score (nSPS) is 21.4. The van der Waals surface area contributed by atoms with Crippen LogP contribution in [0.1, 0.15) is 43.6 Å². The summed E-state index contributed by atoms with van der Waals surface area (Å²) in [5.41, 5.74) is 3.37. The van der Waals surface area contributed by atoms with E-state index in [0.717, 1.165) is 25.9 Å². The monoisotopic (exact) mass is 370 g/mol. The Morgan fingerprint density at radius 2 is 1.76 bits per heavy atom. The molecule has 3 heterocycles. The minimum Gasteiger partial charge on any atom is -0.360 e. The first kappa shape index (κ1) is 18.3. The number of hydrogen-bond acceptors (Lipinski definition) is 6. The minimum absolute atomic E-state index is 0.0105. The number of hydrogen-bond donors (Lipinski definition) is 1. The van der Waals surface area contributed by atoms with E-state index in [-0.39, 0.29) is 16.7 Å². The van der Waals surface area contributed by atoms with E-state index in [2.05, 4.69) is 10.6 Å². The van der Waals surface area contributed by atoms with Gasteiger partial charge in [0.15, 0.2) is 5.76 Å². The Kier molecular flexibility index (Phi) is 5.45. The first-order valence-electron chi connectivity index (χ1n) is 8.88. The molecule has 2 aliphatic rings. The molecule has 2 saturated heterocycles. The van der Waals surface area contributed by atoms with Crippen LogP contribution in [0.2, 0.25) is 0 Å². The van der Waals surface area contributed by atoms with E-state index in [0.29, 0.717) is 37.4 Å². The molecule has 0 aromatic carbocycles. The predicted molar refractivity (Wildman–Crippen MR) is 91.0 cm³/mol. The number of nitrogens with zero attached hydrogens (tertiary/aromatic N) is 3. The number of amides is 1. The Bertz CT molecular complexity index is 697. The molecule has 0 spiro atoms. The van der Waals surface area contributed by atoms with Gasteiger partial charge in [-0.3, -0.25) is 10.2 Å². The first-order valence-corrected chi connectivity index (χ1v) is 10.3. The number of piperidine rings is 2. The highest BCUT2D eigenvalue weighted by Crippen LogP contribution is 2.27. The van der Waals surface area contributed by atoms with Crippen LogP contribution in [0.3, 0.4) is 0 Å². The summed E-state index contributed by atoms with van der Waals surface area (Å²) in [7, 11) is -3.62. The summed E-state index contributed by atoms with van der Waals surface area (Å²) in [5, 5.41) is 5.72. The first-order chi connectivity index (χ1) is 11.9. The highest BCUT2D eigenvalue weighted by molar-refractivity contribution is 7.89. The zero-order valence-electron chi connectivity index (χ0n) is 14.8. The van der Waals surface area contributed by atoms with Gasteiger partial charge in [-0.2, -0.15) is 4.31 Å². The van der Waals surface area contributed by atoms with E-state index in [1.165, 1.54) is 10.7 Å². The van der Waals surface area contributed by atoms with Crippen molar-refractivity contribution in [3.8, 4) is 0 Å². The van der Waals surface area contributed by atoms with Gasteiger partial charge >= 0.3 is 0 Å². The molecule has 2 aliphatic heterocycles. The molecule has 9 heteroatoms. The molecule has 1 N–H and O–H groups in total. The van der Waals surface area contributed by atoms with Crippen molar-refractivity contribution in [2.75, 3.05) is 26.2 Å². The van der Waals surface area contributed by atoms with E-state index in [1.807, 2.05) is 5.01 Å². The van der Waals surface area contributed by atoms with Crippen molar-refractivity contribution < 1.29 is 17.7 Å². The Morgan fingerprint density at radius 3 is 2.32 bits per heavy atom.